The molecule has 0 fully saturated rings. The number of halogens is 2. The van der Waals surface area contributed by atoms with E-state index < -0.39 is 0 Å². The summed E-state index contributed by atoms with van der Waals surface area (Å²) in [5.74, 6) is -0.111. The van der Waals surface area contributed by atoms with Gasteiger partial charge in [0.1, 0.15) is 4.88 Å². The van der Waals surface area contributed by atoms with Crippen LogP contribution in [0.3, 0.4) is 0 Å². The summed E-state index contributed by atoms with van der Waals surface area (Å²) >= 11 is 15.6. The van der Waals surface area contributed by atoms with Crippen LogP contribution in [0.4, 0.5) is 5.13 Å². The maximum atomic E-state index is 13.5. The number of carbonyl (C=O) groups is 1. The summed E-state index contributed by atoms with van der Waals surface area (Å²) < 4.78 is 1.96. The molecule has 2 aromatic carbocycles. The van der Waals surface area contributed by atoms with E-state index >= 15 is 0 Å². The molecule has 4 nitrogen and oxygen atoms in total. The van der Waals surface area contributed by atoms with Crippen LogP contribution in [0, 0.1) is 0 Å². The van der Waals surface area contributed by atoms with Crippen molar-refractivity contribution < 1.29 is 4.79 Å². The number of nitrogens with zero attached hydrogens (tertiary/aromatic N) is 3. The summed E-state index contributed by atoms with van der Waals surface area (Å²) in [4.78, 5) is 22.6. The van der Waals surface area contributed by atoms with Crippen LogP contribution >= 0.6 is 45.9 Å². The number of hydrogen-bond donors (Lipinski definition) is 0. The molecule has 0 aliphatic carbocycles. The first kappa shape index (κ1) is 20.6. The smallest absolute Gasteiger partial charge is 0.271 e. The van der Waals surface area contributed by atoms with Gasteiger partial charge in [-0.05, 0) is 51.3 Å². The first-order chi connectivity index (χ1) is 13.9. The minimum absolute atomic E-state index is 0.111. The molecule has 0 bridgehead atoms. The maximum absolute atomic E-state index is 13.5. The monoisotopic (exact) mass is 463 g/mol. The molecule has 4 aromatic rings. The average molecular weight is 464 g/mol. The highest BCUT2D eigenvalue weighted by atomic mass is 35.5. The van der Waals surface area contributed by atoms with Crippen LogP contribution in [-0.4, -0.2) is 43.0 Å². The van der Waals surface area contributed by atoms with Gasteiger partial charge in [-0.3, -0.25) is 9.69 Å². The minimum atomic E-state index is -0.111. The predicted molar refractivity (Wildman–Crippen MR) is 126 cm³/mol. The van der Waals surface area contributed by atoms with Gasteiger partial charge >= 0.3 is 0 Å². The summed E-state index contributed by atoms with van der Waals surface area (Å²) in [5, 5.41) is 2.74. The highest BCUT2D eigenvalue weighted by Gasteiger charge is 2.26. The molecule has 150 valence electrons. The Morgan fingerprint density at radius 2 is 1.83 bits per heavy atom. The molecule has 0 spiro atoms. The van der Waals surface area contributed by atoms with Crippen LogP contribution < -0.4 is 4.90 Å². The van der Waals surface area contributed by atoms with E-state index in [-0.39, 0.29) is 5.91 Å². The molecule has 2 aromatic heterocycles. The third-order valence-electron chi connectivity index (χ3n) is 4.53. The third kappa shape index (κ3) is 4.27. The second-order valence-electron chi connectivity index (χ2n) is 6.96. The van der Waals surface area contributed by atoms with Crippen LogP contribution in [0.1, 0.15) is 16.1 Å². The Morgan fingerprint density at radius 1 is 1.03 bits per heavy atom. The van der Waals surface area contributed by atoms with E-state index in [9.17, 15) is 4.79 Å². The molecule has 0 aliphatic rings. The van der Waals surface area contributed by atoms with E-state index in [0.717, 1.165) is 33.3 Å². The fourth-order valence-corrected chi connectivity index (χ4v) is 5.83. The zero-order valence-corrected chi connectivity index (χ0v) is 19.1. The molecule has 29 heavy (non-hydrogen) atoms. The predicted octanol–water partition coefficient (Wildman–Crippen LogP) is 6.42. The number of rotatable bonds is 6. The van der Waals surface area contributed by atoms with Crippen molar-refractivity contribution in [1.82, 2.24) is 9.88 Å². The van der Waals surface area contributed by atoms with Gasteiger partial charge < -0.3 is 4.90 Å². The SMILES string of the molecule is CN(C)CCCN(C(=O)c1sc2ccccc2c1Cl)c1nc2ccc(Cl)cc2s1. The first-order valence-corrected chi connectivity index (χ1v) is 11.5. The van der Waals surface area contributed by atoms with Crippen molar-refractivity contribution in [2.45, 2.75) is 6.42 Å². The van der Waals surface area contributed by atoms with Gasteiger partial charge in [0.05, 0.1) is 15.2 Å². The zero-order valence-electron chi connectivity index (χ0n) is 16.0. The zero-order chi connectivity index (χ0) is 20.5. The number of amides is 1. The van der Waals surface area contributed by atoms with Gasteiger partial charge in [0.15, 0.2) is 5.13 Å². The Kier molecular flexibility index (Phi) is 6.08. The van der Waals surface area contributed by atoms with Gasteiger partial charge in [-0.15, -0.1) is 11.3 Å². The van der Waals surface area contributed by atoms with Gasteiger partial charge in [0.2, 0.25) is 0 Å². The number of thiophene rings is 1. The quantitative estimate of drug-likeness (QED) is 0.331. The molecule has 1 amide bonds. The molecule has 2 heterocycles. The van der Waals surface area contributed by atoms with Gasteiger partial charge in [0.25, 0.3) is 5.91 Å². The van der Waals surface area contributed by atoms with Crippen LogP contribution in [-0.2, 0) is 0 Å². The Labute approximate surface area is 187 Å². The van der Waals surface area contributed by atoms with Crippen LogP contribution in [0.2, 0.25) is 10.0 Å². The molecular weight excluding hydrogens is 445 g/mol. The van der Waals surface area contributed by atoms with E-state index in [4.69, 9.17) is 28.2 Å². The van der Waals surface area contributed by atoms with E-state index in [1.165, 1.54) is 22.7 Å². The van der Waals surface area contributed by atoms with Crippen molar-refractivity contribution in [3.8, 4) is 0 Å². The molecule has 0 radical (unpaired) electrons. The molecular formula is C21H19Cl2N3OS2. The van der Waals surface area contributed by atoms with Crippen LogP contribution in [0.25, 0.3) is 20.3 Å². The van der Waals surface area contributed by atoms with Gasteiger partial charge in [-0.25, -0.2) is 4.98 Å². The fraction of sp³-hybridized carbons (Fsp3) is 0.238. The summed E-state index contributed by atoms with van der Waals surface area (Å²) in [6.07, 6.45) is 0.831. The number of fused-ring (bicyclic) bond motifs is 2. The van der Waals surface area contributed by atoms with Crippen molar-refractivity contribution in [2.24, 2.45) is 0 Å². The van der Waals surface area contributed by atoms with E-state index in [0.29, 0.717) is 26.6 Å². The summed E-state index contributed by atoms with van der Waals surface area (Å²) in [5.41, 5.74) is 0.835. The molecule has 8 heteroatoms. The lowest BCUT2D eigenvalue weighted by Crippen LogP contribution is -2.33. The first-order valence-electron chi connectivity index (χ1n) is 9.14. The van der Waals surface area contributed by atoms with Gasteiger partial charge in [-0.1, -0.05) is 52.7 Å². The second-order valence-corrected chi connectivity index (χ2v) is 9.84. The molecule has 0 N–H and O–H groups in total. The average Bonchev–Trinajstić information content (AvgIpc) is 3.25. The summed E-state index contributed by atoms with van der Waals surface area (Å²) in [6.45, 7) is 1.44. The van der Waals surface area contributed by atoms with Crippen molar-refractivity contribution in [3.63, 3.8) is 0 Å². The topological polar surface area (TPSA) is 36.4 Å². The molecule has 4 rings (SSSR count). The normalized spacial score (nSPS) is 11.6. The number of anilines is 1. The lowest BCUT2D eigenvalue weighted by molar-refractivity contribution is 0.0990. The standard InChI is InChI=1S/C21H19Cl2N3OS2/c1-25(2)10-5-11-26(21-24-15-9-8-13(22)12-17(15)29-21)20(27)19-18(23)14-6-3-4-7-16(14)28-19/h3-4,6-9,12H,5,10-11H2,1-2H3. The molecule has 0 aliphatic heterocycles. The molecule has 0 atom stereocenters. The Balaban J connectivity index is 1.73. The Bertz CT molecular complexity index is 1190. The lowest BCUT2D eigenvalue weighted by atomic mass is 10.2. The van der Waals surface area contributed by atoms with Crippen LogP contribution in [0.5, 0.6) is 0 Å². The largest absolute Gasteiger partial charge is 0.309 e. The minimum Gasteiger partial charge on any atom is -0.309 e. The van der Waals surface area contributed by atoms with Crippen molar-refractivity contribution >= 4 is 77.2 Å². The van der Waals surface area contributed by atoms with Gasteiger partial charge in [-0.2, -0.15) is 0 Å². The molecule has 0 saturated carbocycles. The number of carbonyl (C=O) groups excluding carboxylic acids is 1. The highest BCUT2D eigenvalue weighted by molar-refractivity contribution is 7.23. The third-order valence-corrected chi connectivity index (χ3v) is 7.47. The maximum Gasteiger partial charge on any atom is 0.271 e. The Hall–Kier alpha value is -1.70. The lowest BCUT2D eigenvalue weighted by Gasteiger charge is -2.20. The van der Waals surface area contributed by atoms with Crippen molar-refractivity contribution in [1.29, 1.82) is 0 Å². The van der Waals surface area contributed by atoms with E-state index in [1.54, 1.807) is 4.90 Å². The van der Waals surface area contributed by atoms with Crippen molar-refractivity contribution in [3.05, 3.63) is 57.4 Å². The number of aromatic nitrogens is 1. The van der Waals surface area contributed by atoms with E-state index in [2.05, 4.69) is 4.90 Å². The second kappa shape index (κ2) is 8.58. The summed E-state index contributed by atoms with van der Waals surface area (Å²) in [7, 11) is 4.05. The number of hydrogen-bond acceptors (Lipinski definition) is 5. The van der Waals surface area contributed by atoms with Gasteiger partial charge in [0, 0.05) is 21.7 Å². The number of benzene rings is 2. The molecule has 0 saturated heterocycles. The highest BCUT2D eigenvalue weighted by Crippen LogP contribution is 2.38. The van der Waals surface area contributed by atoms with Crippen molar-refractivity contribution in [2.75, 3.05) is 32.1 Å². The van der Waals surface area contributed by atoms with E-state index in [1.807, 2.05) is 56.6 Å². The van der Waals surface area contributed by atoms with Crippen LogP contribution in [0.15, 0.2) is 42.5 Å². The molecule has 0 unspecified atom stereocenters. The fourth-order valence-electron chi connectivity index (χ4n) is 3.11. The summed E-state index contributed by atoms with van der Waals surface area (Å²) in [6, 6.07) is 13.4. The Morgan fingerprint density at radius 3 is 2.59 bits per heavy atom. The number of thiazole rings is 1.